The summed E-state index contributed by atoms with van der Waals surface area (Å²) >= 11 is 0. The highest BCUT2D eigenvalue weighted by Gasteiger charge is 2.31. The molecule has 2 rings (SSSR count). The molecule has 0 fully saturated rings. The van der Waals surface area contributed by atoms with Gasteiger partial charge in [-0.2, -0.15) is 13.2 Å². The van der Waals surface area contributed by atoms with Crippen molar-refractivity contribution in [2.75, 3.05) is 0 Å². The van der Waals surface area contributed by atoms with Crippen molar-refractivity contribution in [2.24, 2.45) is 0 Å². The van der Waals surface area contributed by atoms with Gasteiger partial charge in [0.15, 0.2) is 0 Å². The van der Waals surface area contributed by atoms with E-state index in [0.29, 0.717) is 6.20 Å². The topological polar surface area (TPSA) is 55.1 Å². The van der Waals surface area contributed by atoms with E-state index in [0.717, 1.165) is 6.07 Å². The second-order valence-corrected chi connectivity index (χ2v) is 3.47. The van der Waals surface area contributed by atoms with Crippen LogP contribution >= 0.6 is 0 Å². The Bertz CT molecular complexity index is 574. The van der Waals surface area contributed by atoms with Crippen LogP contribution in [0.2, 0.25) is 0 Å². The first kappa shape index (κ1) is 11.4. The minimum atomic E-state index is -4.45. The monoisotopic (exact) mass is 244 g/mol. The maximum atomic E-state index is 12.4. The summed E-state index contributed by atoms with van der Waals surface area (Å²) in [6.45, 7) is -0.331. The van der Waals surface area contributed by atoms with E-state index in [2.05, 4.69) is 4.98 Å². The average Bonchev–Trinajstić information content (AvgIpc) is 2.59. The van der Waals surface area contributed by atoms with Crippen LogP contribution in [0.4, 0.5) is 13.2 Å². The standard InChI is InChI=1S/C10H7F3N2O2/c11-10(12,13)7-3-6-1-2-15(5-8(16)17)9(6)14-4-7/h1-4H,5H2,(H,16,17). The number of carboxylic acids is 1. The summed E-state index contributed by atoms with van der Waals surface area (Å²) in [6.07, 6.45) is -2.36. The van der Waals surface area contributed by atoms with Gasteiger partial charge in [-0.15, -0.1) is 0 Å². The van der Waals surface area contributed by atoms with Gasteiger partial charge < -0.3 is 9.67 Å². The van der Waals surface area contributed by atoms with Crippen LogP contribution in [-0.2, 0) is 17.5 Å². The minimum absolute atomic E-state index is 0.223. The van der Waals surface area contributed by atoms with Crippen LogP contribution in [0.3, 0.4) is 0 Å². The molecule has 7 heteroatoms. The Hall–Kier alpha value is -2.05. The molecule has 4 nitrogen and oxygen atoms in total. The van der Waals surface area contributed by atoms with Gasteiger partial charge in [0.05, 0.1) is 5.56 Å². The molecule has 0 saturated heterocycles. The van der Waals surface area contributed by atoms with Crippen LogP contribution in [0, 0.1) is 0 Å². The summed E-state index contributed by atoms with van der Waals surface area (Å²) in [4.78, 5) is 14.1. The number of carboxylic acid groups (broad SMARTS) is 1. The van der Waals surface area contributed by atoms with E-state index in [-0.39, 0.29) is 17.6 Å². The lowest BCUT2D eigenvalue weighted by Crippen LogP contribution is -2.09. The Labute approximate surface area is 93.3 Å². The number of hydrogen-bond donors (Lipinski definition) is 1. The van der Waals surface area contributed by atoms with Gasteiger partial charge in [0.2, 0.25) is 0 Å². The fourth-order valence-electron chi connectivity index (χ4n) is 1.51. The molecule has 90 valence electrons. The van der Waals surface area contributed by atoms with Crippen molar-refractivity contribution in [3.8, 4) is 0 Å². The Kier molecular flexibility index (Phi) is 2.53. The molecule has 1 N–H and O–H groups in total. The largest absolute Gasteiger partial charge is 0.480 e. The van der Waals surface area contributed by atoms with Crippen LogP contribution in [-0.4, -0.2) is 20.6 Å². The molecule has 2 aromatic heterocycles. The number of pyridine rings is 1. The number of aromatic nitrogens is 2. The number of nitrogens with zero attached hydrogens (tertiary/aromatic N) is 2. The highest BCUT2D eigenvalue weighted by molar-refractivity contribution is 5.78. The third kappa shape index (κ3) is 2.22. The quantitative estimate of drug-likeness (QED) is 0.880. The zero-order valence-corrected chi connectivity index (χ0v) is 8.40. The smallest absolute Gasteiger partial charge is 0.417 e. The molecular weight excluding hydrogens is 237 g/mol. The van der Waals surface area contributed by atoms with E-state index in [1.807, 2.05) is 0 Å². The minimum Gasteiger partial charge on any atom is -0.480 e. The van der Waals surface area contributed by atoms with E-state index in [1.165, 1.54) is 16.8 Å². The van der Waals surface area contributed by atoms with Gasteiger partial charge in [-0.3, -0.25) is 4.79 Å². The molecule has 0 aromatic carbocycles. The first-order valence-corrected chi connectivity index (χ1v) is 4.62. The molecule has 0 aliphatic carbocycles. The van der Waals surface area contributed by atoms with Gasteiger partial charge in [-0.25, -0.2) is 4.98 Å². The molecule has 0 radical (unpaired) electrons. The maximum absolute atomic E-state index is 12.4. The van der Waals surface area contributed by atoms with Crippen molar-refractivity contribution in [3.05, 3.63) is 30.1 Å². The first-order valence-electron chi connectivity index (χ1n) is 4.62. The van der Waals surface area contributed by atoms with Crippen LogP contribution in [0.1, 0.15) is 5.56 Å². The highest BCUT2D eigenvalue weighted by atomic mass is 19.4. The summed E-state index contributed by atoms with van der Waals surface area (Å²) in [5.41, 5.74) is -0.626. The highest BCUT2D eigenvalue weighted by Crippen LogP contribution is 2.30. The fraction of sp³-hybridized carbons (Fsp3) is 0.200. The van der Waals surface area contributed by atoms with Gasteiger partial charge in [-0.05, 0) is 12.1 Å². The molecule has 0 saturated carbocycles. The van der Waals surface area contributed by atoms with Crippen molar-refractivity contribution < 1.29 is 23.1 Å². The van der Waals surface area contributed by atoms with E-state index in [4.69, 9.17) is 5.11 Å². The van der Waals surface area contributed by atoms with E-state index in [9.17, 15) is 18.0 Å². The molecule has 2 aromatic rings. The van der Waals surface area contributed by atoms with Gasteiger partial charge in [-0.1, -0.05) is 0 Å². The van der Waals surface area contributed by atoms with Crippen LogP contribution in [0.15, 0.2) is 24.5 Å². The molecule has 0 aliphatic heterocycles. The molecule has 0 bridgehead atoms. The maximum Gasteiger partial charge on any atom is 0.417 e. The number of halogens is 3. The summed E-state index contributed by atoms with van der Waals surface area (Å²) in [7, 11) is 0. The molecular formula is C10H7F3N2O2. The second kappa shape index (κ2) is 3.76. The second-order valence-electron chi connectivity index (χ2n) is 3.47. The van der Waals surface area contributed by atoms with Crippen LogP contribution in [0.25, 0.3) is 11.0 Å². The van der Waals surface area contributed by atoms with Gasteiger partial charge in [0.1, 0.15) is 12.2 Å². The van der Waals surface area contributed by atoms with Crippen molar-refractivity contribution in [1.29, 1.82) is 0 Å². The predicted molar refractivity (Wildman–Crippen MR) is 52.4 cm³/mol. The lowest BCUT2D eigenvalue weighted by Gasteiger charge is -2.06. The number of aliphatic carboxylic acids is 1. The van der Waals surface area contributed by atoms with E-state index < -0.39 is 17.7 Å². The predicted octanol–water partition coefficient (Wildman–Crippen LogP) is 2.14. The third-order valence-electron chi connectivity index (χ3n) is 2.23. The van der Waals surface area contributed by atoms with Crippen molar-refractivity contribution in [2.45, 2.75) is 12.7 Å². The molecule has 0 aliphatic rings. The molecule has 0 atom stereocenters. The zero-order chi connectivity index (χ0) is 12.6. The molecule has 0 spiro atoms. The normalized spacial score (nSPS) is 11.9. The number of carbonyl (C=O) groups is 1. The summed E-state index contributed by atoms with van der Waals surface area (Å²) in [5.74, 6) is -1.08. The Balaban J connectivity index is 2.48. The molecule has 0 amide bonds. The summed E-state index contributed by atoms with van der Waals surface area (Å²) in [6, 6.07) is 2.35. The van der Waals surface area contributed by atoms with Crippen molar-refractivity contribution >= 4 is 17.0 Å². The number of rotatable bonds is 2. The summed E-state index contributed by atoms with van der Waals surface area (Å²) in [5, 5.41) is 8.86. The fourth-order valence-corrected chi connectivity index (χ4v) is 1.51. The number of hydrogen-bond acceptors (Lipinski definition) is 2. The number of fused-ring (bicyclic) bond motifs is 1. The van der Waals surface area contributed by atoms with E-state index >= 15 is 0 Å². The Morgan fingerprint density at radius 3 is 2.76 bits per heavy atom. The van der Waals surface area contributed by atoms with Crippen LogP contribution in [0.5, 0.6) is 0 Å². The molecule has 0 unspecified atom stereocenters. The Morgan fingerprint density at radius 2 is 2.18 bits per heavy atom. The molecule has 2 heterocycles. The zero-order valence-electron chi connectivity index (χ0n) is 8.40. The first-order chi connectivity index (χ1) is 7.88. The van der Waals surface area contributed by atoms with Crippen LogP contribution < -0.4 is 0 Å². The van der Waals surface area contributed by atoms with Gasteiger partial charge in [0.25, 0.3) is 0 Å². The lowest BCUT2D eigenvalue weighted by molar-refractivity contribution is -0.138. The van der Waals surface area contributed by atoms with Gasteiger partial charge in [0, 0.05) is 17.8 Å². The van der Waals surface area contributed by atoms with Crippen molar-refractivity contribution in [1.82, 2.24) is 9.55 Å². The number of alkyl halides is 3. The lowest BCUT2D eigenvalue weighted by atomic mass is 10.2. The van der Waals surface area contributed by atoms with E-state index in [1.54, 1.807) is 0 Å². The van der Waals surface area contributed by atoms with Gasteiger partial charge >= 0.3 is 12.1 Å². The third-order valence-corrected chi connectivity index (χ3v) is 2.23. The average molecular weight is 244 g/mol. The van der Waals surface area contributed by atoms with Crippen molar-refractivity contribution in [3.63, 3.8) is 0 Å². The Morgan fingerprint density at radius 1 is 1.47 bits per heavy atom. The molecule has 17 heavy (non-hydrogen) atoms. The SMILES string of the molecule is O=C(O)Cn1ccc2cc(C(F)(F)F)cnc21. The summed E-state index contributed by atoms with van der Waals surface area (Å²) < 4.78 is 38.5.